The summed E-state index contributed by atoms with van der Waals surface area (Å²) in [6, 6.07) is 10.6. The number of hydrogen-bond donors (Lipinski definition) is 3. The van der Waals surface area contributed by atoms with E-state index in [2.05, 4.69) is 0 Å². The zero-order valence-corrected chi connectivity index (χ0v) is 11.6. The zero-order chi connectivity index (χ0) is 15.7. The molecule has 0 saturated heterocycles. The summed E-state index contributed by atoms with van der Waals surface area (Å²) in [6.45, 7) is 0. The maximum atomic E-state index is 12.0. The Bertz CT molecular complexity index is 746. The van der Waals surface area contributed by atoms with Crippen molar-refractivity contribution in [3.05, 3.63) is 59.7 Å². The second kappa shape index (κ2) is 5.54. The summed E-state index contributed by atoms with van der Waals surface area (Å²) >= 11 is 0. The number of aliphatic hydroxyl groups is 1. The Morgan fingerprint density at radius 3 is 2.41 bits per heavy atom. The molecule has 0 fully saturated rings. The van der Waals surface area contributed by atoms with Crippen LogP contribution in [0.15, 0.2) is 48.5 Å². The molecule has 0 spiro atoms. The molecular formula is C17H14O5. The van der Waals surface area contributed by atoms with E-state index in [-0.39, 0.29) is 23.7 Å². The van der Waals surface area contributed by atoms with Crippen LogP contribution >= 0.6 is 0 Å². The predicted molar refractivity (Wildman–Crippen MR) is 79.5 cm³/mol. The van der Waals surface area contributed by atoms with E-state index in [1.54, 1.807) is 18.2 Å². The van der Waals surface area contributed by atoms with E-state index in [0.29, 0.717) is 16.7 Å². The predicted octanol–water partition coefficient (Wildman–Crippen LogP) is 2.00. The Morgan fingerprint density at radius 1 is 1.00 bits per heavy atom. The monoisotopic (exact) mass is 298 g/mol. The van der Waals surface area contributed by atoms with Crippen molar-refractivity contribution in [3.63, 3.8) is 0 Å². The summed E-state index contributed by atoms with van der Waals surface area (Å²) in [5.74, 6) is -0.295. The summed E-state index contributed by atoms with van der Waals surface area (Å²) in [4.78, 5) is 12.0. The lowest BCUT2D eigenvalue weighted by Crippen LogP contribution is -2.19. The fourth-order valence-electron chi connectivity index (χ4n) is 2.42. The molecule has 2 aromatic rings. The lowest BCUT2D eigenvalue weighted by molar-refractivity contribution is -0.129. The minimum Gasteiger partial charge on any atom is -0.508 e. The number of esters is 1. The van der Waals surface area contributed by atoms with Crippen molar-refractivity contribution < 1.29 is 24.9 Å². The van der Waals surface area contributed by atoms with Gasteiger partial charge in [-0.25, -0.2) is 4.79 Å². The van der Waals surface area contributed by atoms with Crippen molar-refractivity contribution >= 4 is 11.5 Å². The molecule has 3 N–H and O–H groups in total. The van der Waals surface area contributed by atoms with Gasteiger partial charge in [-0.2, -0.15) is 0 Å². The van der Waals surface area contributed by atoms with Gasteiger partial charge in [-0.05, 0) is 34.9 Å². The summed E-state index contributed by atoms with van der Waals surface area (Å²) in [7, 11) is 0. The van der Waals surface area contributed by atoms with Crippen LogP contribution in [0.5, 0.6) is 17.2 Å². The maximum Gasteiger partial charge on any atom is 0.336 e. The summed E-state index contributed by atoms with van der Waals surface area (Å²) in [5.41, 5.74) is 1.68. The van der Waals surface area contributed by atoms with E-state index >= 15 is 0 Å². The first-order chi connectivity index (χ1) is 10.5. The van der Waals surface area contributed by atoms with Gasteiger partial charge in [0.2, 0.25) is 0 Å². The van der Waals surface area contributed by atoms with Crippen molar-refractivity contribution in [1.82, 2.24) is 0 Å². The summed E-state index contributed by atoms with van der Waals surface area (Å²) in [5, 5.41) is 29.2. The van der Waals surface area contributed by atoms with Crippen LogP contribution in [0.25, 0.3) is 5.57 Å². The molecule has 112 valence electrons. The molecule has 2 aromatic carbocycles. The third-order valence-electron chi connectivity index (χ3n) is 3.51. The maximum absolute atomic E-state index is 12.0. The lowest BCUT2D eigenvalue weighted by atomic mass is 9.94. The lowest BCUT2D eigenvalue weighted by Gasteiger charge is -2.20. The van der Waals surface area contributed by atoms with Crippen LogP contribution in [0.2, 0.25) is 0 Å². The van der Waals surface area contributed by atoms with E-state index in [4.69, 9.17) is 4.74 Å². The number of phenols is 2. The fraction of sp³-hybridized carbons (Fsp3) is 0.118. The molecule has 1 aliphatic rings. The highest BCUT2D eigenvalue weighted by molar-refractivity contribution is 5.94. The van der Waals surface area contributed by atoms with Crippen molar-refractivity contribution in [2.45, 2.75) is 12.5 Å². The largest absolute Gasteiger partial charge is 0.508 e. The van der Waals surface area contributed by atoms with Gasteiger partial charge >= 0.3 is 5.97 Å². The van der Waals surface area contributed by atoms with E-state index in [0.717, 1.165) is 0 Å². The molecule has 1 aliphatic heterocycles. The molecule has 0 bridgehead atoms. The van der Waals surface area contributed by atoms with Gasteiger partial charge < -0.3 is 20.1 Å². The molecule has 0 radical (unpaired) electrons. The van der Waals surface area contributed by atoms with Crippen molar-refractivity contribution in [2.24, 2.45) is 0 Å². The number of aliphatic hydroxyl groups excluding tert-OH is 1. The number of phenolic OH excluding ortho intramolecular Hbond substituents is 2. The van der Waals surface area contributed by atoms with Gasteiger partial charge in [0.15, 0.2) is 0 Å². The number of ether oxygens (including phenoxy) is 1. The topological polar surface area (TPSA) is 87.0 Å². The smallest absolute Gasteiger partial charge is 0.336 e. The molecule has 0 saturated carbocycles. The molecule has 0 aromatic heterocycles. The van der Waals surface area contributed by atoms with Gasteiger partial charge in [0.05, 0.1) is 6.10 Å². The van der Waals surface area contributed by atoms with E-state index in [1.807, 2.05) is 0 Å². The highest BCUT2D eigenvalue weighted by Gasteiger charge is 2.22. The van der Waals surface area contributed by atoms with Crippen LogP contribution in [0, 0.1) is 0 Å². The van der Waals surface area contributed by atoms with Gasteiger partial charge in [0.1, 0.15) is 17.2 Å². The number of fused-ring (bicyclic) bond motifs is 1. The Morgan fingerprint density at radius 2 is 1.68 bits per heavy atom. The Kier molecular flexibility index (Phi) is 3.56. The first-order valence-corrected chi connectivity index (χ1v) is 6.76. The molecular weight excluding hydrogens is 284 g/mol. The van der Waals surface area contributed by atoms with E-state index in [9.17, 15) is 20.1 Å². The van der Waals surface area contributed by atoms with E-state index in [1.165, 1.54) is 30.3 Å². The molecule has 5 heteroatoms. The first-order valence-electron chi connectivity index (χ1n) is 6.76. The fourth-order valence-corrected chi connectivity index (χ4v) is 2.42. The van der Waals surface area contributed by atoms with Crippen LogP contribution in [0.1, 0.15) is 11.1 Å². The van der Waals surface area contributed by atoms with Crippen LogP contribution in [-0.2, 0) is 11.2 Å². The van der Waals surface area contributed by atoms with Gasteiger partial charge in [-0.3, -0.25) is 0 Å². The minimum absolute atomic E-state index is 0.00986. The third kappa shape index (κ3) is 2.80. The number of rotatable bonds is 1. The van der Waals surface area contributed by atoms with Crippen molar-refractivity contribution in [2.75, 3.05) is 0 Å². The van der Waals surface area contributed by atoms with Crippen LogP contribution < -0.4 is 4.74 Å². The number of benzene rings is 2. The molecule has 0 amide bonds. The molecule has 0 aliphatic carbocycles. The third-order valence-corrected chi connectivity index (χ3v) is 3.51. The summed E-state index contributed by atoms with van der Waals surface area (Å²) < 4.78 is 5.21. The molecule has 5 nitrogen and oxygen atoms in total. The Balaban J connectivity index is 2.01. The average Bonchev–Trinajstić information content (AvgIpc) is 2.47. The van der Waals surface area contributed by atoms with E-state index < -0.39 is 12.1 Å². The normalized spacial score (nSPS) is 20.1. The van der Waals surface area contributed by atoms with Gasteiger partial charge in [-0.15, -0.1) is 0 Å². The second-order valence-corrected chi connectivity index (χ2v) is 5.08. The van der Waals surface area contributed by atoms with Gasteiger partial charge in [-0.1, -0.05) is 18.2 Å². The summed E-state index contributed by atoms with van der Waals surface area (Å²) in [6.07, 6.45) is 0.570. The first kappa shape index (κ1) is 14.2. The number of aromatic hydroxyl groups is 2. The zero-order valence-electron chi connectivity index (χ0n) is 11.6. The van der Waals surface area contributed by atoms with Crippen LogP contribution in [-0.4, -0.2) is 27.4 Å². The van der Waals surface area contributed by atoms with Gasteiger partial charge in [0.25, 0.3) is 0 Å². The highest BCUT2D eigenvalue weighted by atomic mass is 16.5. The number of carbonyl (C=O) groups is 1. The van der Waals surface area contributed by atoms with Crippen LogP contribution in [0.4, 0.5) is 0 Å². The second-order valence-electron chi connectivity index (χ2n) is 5.08. The molecule has 0 unspecified atom stereocenters. The standard InChI is InChI=1S/C17H14O5/c18-12-4-1-10(2-5-12)14-9-17(21)22-16-8-13(19)6-3-11(16)7-15(14)20/h1-6,8-9,15,18-20H,7H2/b14-9-/t15-/m0/s1. The Hall–Kier alpha value is -2.79. The molecule has 1 heterocycles. The molecule has 1 atom stereocenters. The minimum atomic E-state index is -0.902. The Labute approximate surface area is 126 Å². The number of hydrogen-bond acceptors (Lipinski definition) is 5. The molecule has 22 heavy (non-hydrogen) atoms. The van der Waals surface area contributed by atoms with Crippen molar-refractivity contribution in [3.8, 4) is 17.2 Å². The average molecular weight is 298 g/mol. The number of carbonyl (C=O) groups excluding carboxylic acids is 1. The quantitative estimate of drug-likeness (QED) is 0.554. The van der Waals surface area contributed by atoms with Crippen LogP contribution in [0.3, 0.4) is 0 Å². The van der Waals surface area contributed by atoms with Gasteiger partial charge in [0, 0.05) is 18.6 Å². The highest BCUT2D eigenvalue weighted by Crippen LogP contribution is 2.31. The van der Waals surface area contributed by atoms with Crippen molar-refractivity contribution in [1.29, 1.82) is 0 Å². The SMILES string of the molecule is O=C1/C=C(/c2ccc(O)cc2)[C@@H](O)Cc2ccc(O)cc2O1. The molecule has 3 rings (SSSR count).